The van der Waals surface area contributed by atoms with E-state index in [1.54, 1.807) is 38.2 Å². The highest BCUT2D eigenvalue weighted by molar-refractivity contribution is 7.92. The molecule has 0 aliphatic heterocycles. The van der Waals surface area contributed by atoms with Crippen molar-refractivity contribution in [1.82, 2.24) is 5.32 Å². The molecule has 0 amide bonds. The topological polar surface area (TPSA) is 73.2 Å². The van der Waals surface area contributed by atoms with Crippen molar-refractivity contribution in [3.8, 4) is 6.07 Å². The Morgan fingerprint density at radius 3 is 2.72 bits per heavy atom. The molecule has 18 heavy (non-hydrogen) atoms. The minimum absolute atomic E-state index is 0.0352. The summed E-state index contributed by atoms with van der Waals surface area (Å²) in [4.78, 5) is 0. The maximum atomic E-state index is 12.0. The summed E-state index contributed by atoms with van der Waals surface area (Å²) in [6.45, 7) is 2.51. The van der Waals surface area contributed by atoms with Gasteiger partial charge in [0.1, 0.15) is 0 Å². The third-order valence-corrected chi connectivity index (χ3v) is 4.32. The van der Waals surface area contributed by atoms with Crippen LogP contribution in [0.5, 0.6) is 0 Å². The summed E-state index contributed by atoms with van der Waals surface area (Å²) < 4.78 is 25.4. The van der Waals surface area contributed by atoms with Gasteiger partial charge in [0.15, 0.2) is 0 Å². The average Bonchev–Trinajstić information content (AvgIpc) is 2.39. The molecule has 1 N–H and O–H groups in total. The number of hydrogen-bond acceptors (Lipinski definition) is 4. The monoisotopic (exact) mass is 267 g/mol. The lowest BCUT2D eigenvalue weighted by atomic mass is 10.2. The van der Waals surface area contributed by atoms with Gasteiger partial charge in [-0.05, 0) is 32.2 Å². The van der Waals surface area contributed by atoms with E-state index in [0.29, 0.717) is 24.3 Å². The van der Waals surface area contributed by atoms with Crippen LogP contribution < -0.4 is 9.62 Å². The fraction of sp³-hybridized carbons (Fsp3) is 0.417. The lowest BCUT2D eigenvalue weighted by Gasteiger charge is -2.23. The second-order valence-electron chi connectivity index (χ2n) is 3.74. The molecule has 1 aromatic carbocycles. The second-order valence-corrected chi connectivity index (χ2v) is 5.92. The zero-order valence-electron chi connectivity index (χ0n) is 10.5. The fourth-order valence-corrected chi connectivity index (χ4v) is 2.64. The molecule has 0 unspecified atom stereocenters. The molecule has 1 rings (SSSR count). The number of hydrogen-bond donors (Lipinski definition) is 1. The van der Waals surface area contributed by atoms with E-state index in [2.05, 4.69) is 5.32 Å². The zero-order valence-corrected chi connectivity index (χ0v) is 11.4. The van der Waals surface area contributed by atoms with Gasteiger partial charge in [-0.15, -0.1) is 0 Å². The standard InChI is InChI=1S/C12H17N3O2S/c1-3-18(16,17)15(8-7-14-2)12-6-4-5-11(9-12)10-13/h4-6,9,14H,3,7-8H2,1-2H3. The molecule has 0 aromatic heterocycles. The maximum absolute atomic E-state index is 12.0. The van der Waals surface area contributed by atoms with Crippen LogP contribution in [-0.2, 0) is 10.0 Å². The number of sulfonamides is 1. The van der Waals surface area contributed by atoms with Crippen LogP contribution in [-0.4, -0.2) is 34.3 Å². The van der Waals surface area contributed by atoms with Crippen LogP contribution in [0, 0.1) is 11.3 Å². The van der Waals surface area contributed by atoms with E-state index in [4.69, 9.17) is 5.26 Å². The number of nitrogens with one attached hydrogen (secondary N) is 1. The van der Waals surface area contributed by atoms with Crippen LogP contribution >= 0.6 is 0 Å². The van der Waals surface area contributed by atoms with E-state index in [1.165, 1.54) is 4.31 Å². The van der Waals surface area contributed by atoms with Gasteiger partial charge in [-0.3, -0.25) is 4.31 Å². The van der Waals surface area contributed by atoms with E-state index in [9.17, 15) is 8.42 Å². The Kier molecular flexibility index (Phi) is 5.13. The maximum Gasteiger partial charge on any atom is 0.234 e. The van der Waals surface area contributed by atoms with Crippen molar-refractivity contribution in [2.75, 3.05) is 30.2 Å². The van der Waals surface area contributed by atoms with Gasteiger partial charge in [-0.2, -0.15) is 5.26 Å². The summed E-state index contributed by atoms with van der Waals surface area (Å²) >= 11 is 0. The summed E-state index contributed by atoms with van der Waals surface area (Å²) in [5, 5.41) is 11.8. The largest absolute Gasteiger partial charge is 0.318 e. The fourth-order valence-electron chi connectivity index (χ4n) is 1.53. The Labute approximate surface area is 108 Å². The Morgan fingerprint density at radius 1 is 1.44 bits per heavy atom. The molecule has 5 nitrogen and oxygen atoms in total. The van der Waals surface area contributed by atoms with Gasteiger partial charge in [-0.1, -0.05) is 6.07 Å². The summed E-state index contributed by atoms with van der Waals surface area (Å²) in [5.41, 5.74) is 0.986. The molecule has 1 aromatic rings. The predicted molar refractivity (Wildman–Crippen MR) is 71.9 cm³/mol. The second kappa shape index (κ2) is 6.38. The summed E-state index contributed by atoms with van der Waals surface area (Å²) in [6.07, 6.45) is 0. The number of nitrogens with zero attached hydrogens (tertiary/aromatic N) is 2. The molecule has 0 aliphatic carbocycles. The van der Waals surface area contributed by atoms with Crippen molar-refractivity contribution >= 4 is 15.7 Å². The first-order valence-electron chi connectivity index (χ1n) is 5.70. The molecule has 0 radical (unpaired) electrons. The number of likely N-dealkylation sites (N-methyl/N-ethyl adjacent to an activating group) is 1. The summed E-state index contributed by atoms with van der Waals surface area (Å²) in [5.74, 6) is 0.0352. The number of anilines is 1. The van der Waals surface area contributed by atoms with Crippen LogP contribution in [0.2, 0.25) is 0 Å². The van der Waals surface area contributed by atoms with Crippen molar-refractivity contribution in [2.24, 2.45) is 0 Å². The van der Waals surface area contributed by atoms with E-state index in [-0.39, 0.29) is 5.75 Å². The van der Waals surface area contributed by atoms with Crippen molar-refractivity contribution < 1.29 is 8.42 Å². The van der Waals surface area contributed by atoms with E-state index >= 15 is 0 Å². The van der Waals surface area contributed by atoms with Crippen LogP contribution in [0.4, 0.5) is 5.69 Å². The quantitative estimate of drug-likeness (QED) is 0.832. The summed E-state index contributed by atoms with van der Waals surface area (Å²) in [6, 6.07) is 8.63. The predicted octanol–water partition coefficient (Wildman–Crippen LogP) is 0.934. The lowest BCUT2D eigenvalue weighted by Crippen LogP contribution is -2.37. The zero-order chi connectivity index (χ0) is 13.6. The van der Waals surface area contributed by atoms with Crippen LogP contribution in [0.15, 0.2) is 24.3 Å². The van der Waals surface area contributed by atoms with Crippen LogP contribution in [0.1, 0.15) is 12.5 Å². The third-order valence-electron chi connectivity index (χ3n) is 2.53. The van der Waals surface area contributed by atoms with Gasteiger partial charge in [0.25, 0.3) is 0 Å². The first kappa shape index (κ1) is 14.5. The highest BCUT2D eigenvalue weighted by Crippen LogP contribution is 2.19. The van der Waals surface area contributed by atoms with Crippen molar-refractivity contribution in [3.05, 3.63) is 29.8 Å². The first-order valence-corrected chi connectivity index (χ1v) is 7.31. The molecule has 0 heterocycles. The van der Waals surface area contributed by atoms with E-state index in [1.807, 2.05) is 6.07 Å². The lowest BCUT2D eigenvalue weighted by molar-refractivity contribution is 0.590. The van der Waals surface area contributed by atoms with Gasteiger partial charge < -0.3 is 5.32 Å². The minimum atomic E-state index is -3.33. The summed E-state index contributed by atoms with van der Waals surface area (Å²) in [7, 11) is -1.56. The van der Waals surface area contributed by atoms with E-state index < -0.39 is 10.0 Å². The van der Waals surface area contributed by atoms with Crippen LogP contribution in [0.3, 0.4) is 0 Å². The molecule has 98 valence electrons. The molecular weight excluding hydrogens is 250 g/mol. The SMILES string of the molecule is CCS(=O)(=O)N(CCNC)c1cccc(C#N)c1. The van der Waals surface area contributed by atoms with Gasteiger partial charge in [0.05, 0.1) is 23.1 Å². The van der Waals surface area contributed by atoms with Crippen LogP contribution in [0.25, 0.3) is 0 Å². The van der Waals surface area contributed by atoms with Crippen molar-refractivity contribution in [1.29, 1.82) is 5.26 Å². The molecule has 0 aliphatic rings. The highest BCUT2D eigenvalue weighted by Gasteiger charge is 2.20. The Morgan fingerprint density at radius 2 is 2.17 bits per heavy atom. The van der Waals surface area contributed by atoms with E-state index in [0.717, 1.165) is 0 Å². The number of benzene rings is 1. The molecule has 0 saturated heterocycles. The Hall–Kier alpha value is -1.58. The number of rotatable bonds is 6. The molecule has 0 spiro atoms. The van der Waals surface area contributed by atoms with Gasteiger partial charge in [0, 0.05) is 13.1 Å². The third kappa shape index (κ3) is 3.45. The highest BCUT2D eigenvalue weighted by atomic mass is 32.2. The molecule has 0 fully saturated rings. The Bertz CT molecular complexity index is 534. The van der Waals surface area contributed by atoms with Gasteiger partial charge >= 0.3 is 0 Å². The Balaban J connectivity index is 3.14. The molecule has 0 atom stereocenters. The number of nitriles is 1. The smallest absolute Gasteiger partial charge is 0.234 e. The van der Waals surface area contributed by atoms with Gasteiger partial charge in [-0.25, -0.2) is 8.42 Å². The molecular formula is C12H17N3O2S. The molecule has 0 bridgehead atoms. The average molecular weight is 267 g/mol. The first-order chi connectivity index (χ1) is 8.55. The van der Waals surface area contributed by atoms with Crippen molar-refractivity contribution in [3.63, 3.8) is 0 Å². The normalized spacial score (nSPS) is 10.9. The van der Waals surface area contributed by atoms with Crippen molar-refractivity contribution in [2.45, 2.75) is 6.92 Å². The van der Waals surface area contributed by atoms with Gasteiger partial charge in [0.2, 0.25) is 10.0 Å². The molecule has 6 heteroatoms. The molecule has 0 saturated carbocycles. The minimum Gasteiger partial charge on any atom is -0.318 e.